The van der Waals surface area contributed by atoms with Gasteiger partial charge in [-0.25, -0.2) is 4.79 Å². The van der Waals surface area contributed by atoms with E-state index in [0.717, 1.165) is 56.6 Å². The number of rotatable bonds is 8. The van der Waals surface area contributed by atoms with Crippen LogP contribution in [0.25, 0.3) is 0 Å². The van der Waals surface area contributed by atoms with Crippen molar-refractivity contribution in [2.75, 3.05) is 40.9 Å². The molecule has 2 aliphatic rings. The van der Waals surface area contributed by atoms with Gasteiger partial charge in [-0.2, -0.15) is 0 Å². The highest BCUT2D eigenvalue weighted by Gasteiger charge is 2.59. The Bertz CT molecular complexity index is 1010. The van der Waals surface area contributed by atoms with Gasteiger partial charge >= 0.3 is 6.09 Å². The molecule has 0 aromatic heterocycles. The van der Waals surface area contributed by atoms with Crippen LogP contribution < -0.4 is 4.74 Å². The van der Waals surface area contributed by atoms with Crippen molar-refractivity contribution in [3.8, 4) is 5.75 Å². The van der Waals surface area contributed by atoms with Gasteiger partial charge in [0.1, 0.15) is 12.4 Å². The molecule has 0 spiro atoms. The third kappa shape index (κ3) is 4.95. The van der Waals surface area contributed by atoms with Gasteiger partial charge in [0, 0.05) is 38.7 Å². The second-order valence-corrected chi connectivity index (χ2v) is 9.83. The predicted octanol–water partition coefficient (Wildman–Crippen LogP) is 5.03. The number of likely N-dealkylation sites (tertiary alicyclic amines) is 1. The van der Waals surface area contributed by atoms with Gasteiger partial charge in [-0.15, -0.1) is 6.58 Å². The van der Waals surface area contributed by atoms with E-state index in [1.165, 1.54) is 5.56 Å². The highest BCUT2D eigenvalue weighted by atomic mass is 16.6. The van der Waals surface area contributed by atoms with Gasteiger partial charge in [-0.05, 0) is 55.5 Å². The average molecular weight is 479 g/mol. The van der Waals surface area contributed by atoms with Crippen LogP contribution in [-0.2, 0) is 21.5 Å². The fraction of sp³-hybridized carbons (Fsp3) is 0.483. The lowest BCUT2D eigenvalue weighted by atomic mass is 9.55. The first-order valence-corrected chi connectivity index (χ1v) is 12.4. The van der Waals surface area contributed by atoms with E-state index in [-0.39, 0.29) is 29.8 Å². The monoisotopic (exact) mass is 478 g/mol. The van der Waals surface area contributed by atoms with Gasteiger partial charge in [0.15, 0.2) is 0 Å². The summed E-state index contributed by atoms with van der Waals surface area (Å²) < 4.78 is 17.7. The minimum atomic E-state index is -0.355. The second-order valence-electron chi connectivity index (χ2n) is 9.83. The van der Waals surface area contributed by atoms with Crippen LogP contribution >= 0.6 is 0 Å². The smallest absolute Gasteiger partial charge is 0.410 e. The largest absolute Gasteiger partial charge is 0.497 e. The first kappa shape index (κ1) is 25.3. The van der Waals surface area contributed by atoms with Crippen molar-refractivity contribution in [1.29, 1.82) is 0 Å². The number of carbonyl (C=O) groups is 1. The van der Waals surface area contributed by atoms with E-state index in [1.807, 2.05) is 56.6 Å². The van der Waals surface area contributed by atoms with Crippen molar-refractivity contribution in [3.63, 3.8) is 0 Å². The van der Waals surface area contributed by atoms with Crippen molar-refractivity contribution in [1.82, 2.24) is 9.80 Å². The number of ether oxygens (including phenoxy) is 3. The Morgan fingerprint density at radius 2 is 1.97 bits per heavy atom. The van der Waals surface area contributed by atoms with Crippen LogP contribution in [0.15, 0.2) is 67.3 Å². The molecule has 0 bridgehead atoms. The number of benzene rings is 2. The first-order chi connectivity index (χ1) is 17.0. The highest BCUT2D eigenvalue weighted by Crippen LogP contribution is 2.54. The van der Waals surface area contributed by atoms with Crippen molar-refractivity contribution in [2.45, 2.75) is 49.3 Å². The fourth-order valence-corrected chi connectivity index (χ4v) is 6.13. The number of fused-ring (bicyclic) bond motifs is 1. The van der Waals surface area contributed by atoms with Crippen LogP contribution in [0, 0.1) is 0 Å². The zero-order valence-electron chi connectivity index (χ0n) is 21.2. The first-order valence-electron chi connectivity index (χ1n) is 12.4. The molecule has 2 aromatic rings. The number of piperidine rings is 1. The standard InChI is InChI=1S/C29H38N2O4/c1-5-17-31-18-16-28(24-12-9-13-26(19-24)33-3)20-25(14-15-29(28,22-31)34-4)30(2)27(32)35-21-23-10-7-6-8-11-23/h5-13,19,25H,1,14-18,20-22H2,2-4H3. The van der Waals surface area contributed by atoms with Crippen molar-refractivity contribution in [3.05, 3.63) is 78.4 Å². The molecular formula is C29H38N2O4. The molecule has 1 aliphatic carbocycles. The zero-order valence-corrected chi connectivity index (χ0v) is 21.2. The molecular weight excluding hydrogens is 440 g/mol. The van der Waals surface area contributed by atoms with Crippen LogP contribution in [0.4, 0.5) is 4.79 Å². The molecule has 2 aromatic carbocycles. The lowest BCUT2D eigenvalue weighted by molar-refractivity contribution is -0.152. The maximum absolute atomic E-state index is 13.0. The van der Waals surface area contributed by atoms with E-state index in [0.29, 0.717) is 0 Å². The molecule has 6 nitrogen and oxygen atoms in total. The van der Waals surface area contributed by atoms with Gasteiger partial charge in [0.05, 0.1) is 12.7 Å². The van der Waals surface area contributed by atoms with E-state index in [1.54, 1.807) is 12.0 Å². The predicted molar refractivity (Wildman–Crippen MR) is 138 cm³/mol. The van der Waals surface area contributed by atoms with Crippen LogP contribution in [0.2, 0.25) is 0 Å². The third-order valence-electron chi connectivity index (χ3n) is 8.11. The number of hydrogen-bond acceptors (Lipinski definition) is 5. The van der Waals surface area contributed by atoms with Gasteiger partial charge in [-0.3, -0.25) is 4.90 Å². The average Bonchev–Trinajstić information content (AvgIpc) is 2.91. The minimum absolute atomic E-state index is 0.0544. The van der Waals surface area contributed by atoms with Gasteiger partial charge < -0.3 is 19.1 Å². The molecule has 1 saturated carbocycles. The summed E-state index contributed by atoms with van der Waals surface area (Å²) in [4.78, 5) is 17.3. The number of nitrogens with zero attached hydrogens (tertiary/aromatic N) is 2. The summed E-state index contributed by atoms with van der Waals surface area (Å²) in [6.07, 6.45) is 5.14. The zero-order chi connectivity index (χ0) is 24.9. The Morgan fingerprint density at radius 1 is 1.17 bits per heavy atom. The Morgan fingerprint density at radius 3 is 2.69 bits per heavy atom. The summed E-state index contributed by atoms with van der Waals surface area (Å²) in [6.45, 7) is 6.84. The number of amides is 1. The molecule has 1 heterocycles. The minimum Gasteiger partial charge on any atom is -0.497 e. The SMILES string of the molecule is C=CCN1CCC2(c3cccc(OC)c3)CC(N(C)C(=O)OCc3ccccc3)CCC2(OC)C1. The lowest BCUT2D eigenvalue weighted by Gasteiger charge is -2.60. The molecule has 3 atom stereocenters. The number of carbonyl (C=O) groups excluding carboxylic acids is 1. The summed E-state index contributed by atoms with van der Waals surface area (Å²) in [5, 5.41) is 0. The molecule has 1 aliphatic heterocycles. The normalized spacial score (nSPS) is 26.4. The van der Waals surface area contributed by atoms with Gasteiger partial charge in [0.2, 0.25) is 0 Å². The molecule has 35 heavy (non-hydrogen) atoms. The topological polar surface area (TPSA) is 51.2 Å². The molecule has 6 heteroatoms. The maximum atomic E-state index is 13.0. The van der Waals surface area contributed by atoms with Crippen LogP contribution in [0.1, 0.15) is 36.8 Å². The van der Waals surface area contributed by atoms with Crippen molar-refractivity contribution >= 4 is 6.09 Å². The van der Waals surface area contributed by atoms with Gasteiger partial charge in [0.25, 0.3) is 0 Å². The van der Waals surface area contributed by atoms with Crippen LogP contribution in [-0.4, -0.2) is 68.4 Å². The summed E-state index contributed by atoms with van der Waals surface area (Å²) in [6, 6.07) is 18.2. The van der Waals surface area contributed by atoms with Gasteiger partial charge in [-0.1, -0.05) is 48.5 Å². The molecule has 188 valence electrons. The van der Waals surface area contributed by atoms with E-state index in [4.69, 9.17) is 14.2 Å². The molecule has 3 unspecified atom stereocenters. The Kier molecular flexibility index (Phi) is 7.82. The maximum Gasteiger partial charge on any atom is 0.410 e. The van der Waals surface area contributed by atoms with E-state index >= 15 is 0 Å². The third-order valence-corrected chi connectivity index (χ3v) is 8.11. The Hall–Kier alpha value is -2.83. The quantitative estimate of drug-likeness (QED) is 0.498. The molecule has 0 N–H and O–H groups in total. The highest BCUT2D eigenvalue weighted by molar-refractivity contribution is 5.67. The molecule has 1 amide bonds. The second kappa shape index (κ2) is 10.8. The van der Waals surface area contributed by atoms with Crippen molar-refractivity contribution < 1.29 is 19.0 Å². The van der Waals surface area contributed by atoms with Crippen molar-refractivity contribution in [2.24, 2.45) is 0 Å². The van der Waals surface area contributed by atoms with E-state index in [2.05, 4.69) is 29.7 Å². The molecule has 2 fully saturated rings. The van der Waals surface area contributed by atoms with E-state index in [9.17, 15) is 4.79 Å². The molecule has 0 radical (unpaired) electrons. The number of methoxy groups -OCH3 is 2. The Labute approximate surface area is 209 Å². The van der Waals surface area contributed by atoms with Crippen LogP contribution in [0.5, 0.6) is 5.75 Å². The Balaban J connectivity index is 1.61. The summed E-state index contributed by atoms with van der Waals surface area (Å²) >= 11 is 0. The molecule has 4 rings (SSSR count). The summed E-state index contributed by atoms with van der Waals surface area (Å²) in [5.41, 5.74) is 1.60. The van der Waals surface area contributed by atoms with E-state index < -0.39 is 0 Å². The summed E-state index contributed by atoms with van der Waals surface area (Å²) in [5.74, 6) is 0.841. The number of hydrogen-bond donors (Lipinski definition) is 0. The molecule has 1 saturated heterocycles. The summed E-state index contributed by atoms with van der Waals surface area (Å²) in [7, 11) is 5.40. The lowest BCUT2D eigenvalue weighted by Crippen LogP contribution is -2.68. The fourth-order valence-electron chi connectivity index (χ4n) is 6.13. The van der Waals surface area contributed by atoms with Crippen LogP contribution in [0.3, 0.4) is 0 Å².